The molecular formula is C13H15Cl. The van der Waals surface area contributed by atoms with Gasteiger partial charge < -0.3 is 0 Å². The van der Waals surface area contributed by atoms with E-state index in [4.69, 9.17) is 11.6 Å². The molecular weight excluding hydrogens is 192 g/mol. The quantitative estimate of drug-likeness (QED) is 0.651. The van der Waals surface area contributed by atoms with Gasteiger partial charge in [-0.2, -0.15) is 0 Å². The van der Waals surface area contributed by atoms with Crippen LogP contribution >= 0.6 is 11.6 Å². The van der Waals surface area contributed by atoms with Crippen LogP contribution in [0.15, 0.2) is 30.3 Å². The van der Waals surface area contributed by atoms with Gasteiger partial charge in [0.25, 0.3) is 0 Å². The summed E-state index contributed by atoms with van der Waals surface area (Å²) in [6.45, 7) is 2.18. The van der Waals surface area contributed by atoms with Crippen molar-refractivity contribution in [1.29, 1.82) is 0 Å². The molecule has 0 bridgehead atoms. The molecule has 2 rings (SSSR count). The molecule has 0 saturated heterocycles. The van der Waals surface area contributed by atoms with Crippen LogP contribution in [0.4, 0.5) is 0 Å². The van der Waals surface area contributed by atoms with Gasteiger partial charge >= 0.3 is 0 Å². The van der Waals surface area contributed by atoms with Crippen LogP contribution in [0.2, 0.25) is 0 Å². The van der Waals surface area contributed by atoms with E-state index in [1.54, 1.807) is 0 Å². The predicted molar refractivity (Wildman–Crippen MR) is 62.8 cm³/mol. The van der Waals surface area contributed by atoms with Crippen molar-refractivity contribution in [1.82, 2.24) is 0 Å². The number of allylic oxidation sites excluding steroid dienone is 1. The van der Waals surface area contributed by atoms with Gasteiger partial charge in [0.2, 0.25) is 0 Å². The minimum absolute atomic E-state index is 0.250. The van der Waals surface area contributed by atoms with E-state index in [1.807, 2.05) is 0 Å². The highest BCUT2D eigenvalue weighted by molar-refractivity contribution is 6.21. The molecule has 1 heteroatoms. The molecule has 0 radical (unpaired) electrons. The van der Waals surface area contributed by atoms with E-state index in [1.165, 1.54) is 11.1 Å². The second kappa shape index (κ2) is 4.18. The molecule has 0 N–H and O–H groups in total. The van der Waals surface area contributed by atoms with Gasteiger partial charge in [-0.1, -0.05) is 49.8 Å². The van der Waals surface area contributed by atoms with Crippen LogP contribution in [0, 0.1) is 0 Å². The van der Waals surface area contributed by atoms with Gasteiger partial charge in [0.1, 0.15) is 0 Å². The number of hydrogen-bond acceptors (Lipinski definition) is 0. The first-order chi connectivity index (χ1) is 6.83. The monoisotopic (exact) mass is 206 g/mol. The molecule has 74 valence electrons. The highest BCUT2D eigenvalue weighted by Gasteiger charge is 2.23. The average Bonchev–Trinajstić information content (AvgIpc) is 2.61. The number of alkyl halides is 1. The third kappa shape index (κ3) is 1.72. The molecule has 0 heterocycles. The van der Waals surface area contributed by atoms with Crippen LogP contribution in [0.5, 0.6) is 0 Å². The van der Waals surface area contributed by atoms with Crippen LogP contribution in [0.3, 0.4) is 0 Å². The molecule has 0 aliphatic heterocycles. The molecule has 0 spiro atoms. The van der Waals surface area contributed by atoms with Gasteiger partial charge in [0.15, 0.2) is 0 Å². The smallest absolute Gasteiger partial charge is 0.0439 e. The highest BCUT2D eigenvalue weighted by atomic mass is 35.5. The fourth-order valence-corrected chi connectivity index (χ4v) is 2.49. The van der Waals surface area contributed by atoms with E-state index in [-0.39, 0.29) is 5.38 Å². The van der Waals surface area contributed by atoms with E-state index in [0.29, 0.717) is 5.92 Å². The molecule has 0 aromatic heterocycles. The normalized spacial score (nSPS) is 20.9. The van der Waals surface area contributed by atoms with Crippen molar-refractivity contribution in [2.45, 2.75) is 31.1 Å². The Bertz CT molecular complexity index is 341. The first kappa shape index (κ1) is 9.79. The van der Waals surface area contributed by atoms with Crippen molar-refractivity contribution in [3.8, 4) is 0 Å². The first-order valence-electron chi connectivity index (χ1n) is 5.24. The molecule has 0 nitrogen and oxygen atoms in total. The summed E-state index contributed by atoms with van der Waals surface area (Å²) < 4.78 is 0. The summed E-state index contributed by atoms with van der Waals surface area (Å²) in [6, 6.07) is 8.51. The molecule has 1 aromatic carbocycles. The molecule has 14 heavy (non-hydrogen) atoms. The van der Waals surface area contributed by atoms with Crippen LogP contribution < -0.4 is 0 Å². The Morgan fingerprint density at radius 1 is 1.36 bits per heavy atom. The van der Waals surface area contributed by atoms with Gasteiger partial charge in [-0.15, -0.1) is 11.6 Å². The maximum atomic E-state index is 6.36. The summed E-state index contributed by atoms with van der Waals surface area (Å²) in [5.74, 6) is 0.424. The predicted octanol–water partition coefficient (Wildman–Crippen LogP) is 4.20. The average molecular weight is 207 g/mol. The topological polar surface area (TPSA) is 0 Å². The van der Waals surface area contributed by atoms with Crippen molar-refractivity contribution in [3.05, 3.63) is 41.5 Å². The number of halogens is 1. The zero-order valence-corrected chi connectivity index (χ0v) is 9.17. The third-order valence-corrected chi connectivity index (χ3v) is 3.28. The Kier molecular flexibility index (Phi) is 2.93. The molecule has 0 saturated carbocycles. The second-order valence-corrected chi connectivity index (χ2v) is 4.38. The Morgan fingerprint density at radius 3 is 2.93 bits per heavy atom. The van der Waals surface area contributed by atoms with Crippen molar-refractivity contribution < 1.29 is 0 Å². The minimum atomic E-state index is 0.250. The SMILES string of the molecule is CCCC(Cl)C1C=Cc2ccccc21. The molecule has 0 amide bonds. The maximum Gasteiger partial charge on any atom is 0.0439 e. The maximum absolute atomic E-state index is 6.36. The number of hydrogen-bond donors (Lipinski definition) is 0. The Labute approximate surface area is 90.6 Å². The van der Waals surface area contributed by atoms with Crippen LogP contribution in [0.1, 0.15) is 36.8 Å². The summed E-state index contributed by atoms with van der Waals surface area (Å²) in [5.41, 5.74) is 2.72. The van der Waals surface area contributed by atoms with E-state index >= 15 is 0 Å². The lowest BCUT2D eigenvalue weighted by atomic mass is 9.95. The molecule has 2 unspecified atom stereocenters. The van der Waals surface area contributed by atoms with Crippen LogP contribution in [0.25, 0.3) is 6.08 Å². The standard InChI is InChI=1S/C13H15Cl/c1-2-5-13(14)12-9-8-10-6-3-4-7-11(10)12/h3-4,6-9,12-13H,2,5H2,1H3. The van der Waals surface area contributed by atoms with Crippen molar-refractivity contribution >= 4 is 17.7 Å². The van der Waals surface area contributed by atoms with E-state index in [2.05, 4.69) is 43.3 Å². The van der Waals surface area contributed by atoms with Gasteiger partial charge in [-0.25, -0.2) is 0 Å². The van der Waals surface area contributed by atoms with Gasteiger partial charge in [-0.05, 0) is 17.5 Å². The summed E-state index contributed by atoms with van der Waals surface area (Å²) in [4.78, 5) is 0. The fraction of sp³-hybridized carbons (Fsp3) is 0.385. The second-order valence-electron chi connectivity index (χ2n) is 3.82. The van der Waals surface area contributed by atoms with E-state index in [0.717, 1.165) is 12.8 Å². The van der Waals surface area contributed by atoms with Crippen molar-refractivity contribution in [3.63, 3.8) is 0 Å². The van der Waals surface area contributed by atoms with Crippen molar-refractivity contribution in [2.75, 3.05) is 0 Å². The highest BCUT2D eigenvalue weighted by Crippen LogP contribution is 2.36. The minimum Gasteiger partial charge on any atom is -0.122 e. The van der Waals surface area contributed by atoms with Gasteiger partial charge in [0, 0.05) is 11.3 Å². The molecule has 1 aromatic rings. The summed E-state index contributed by atoms with van der Waals surface area (Å²) >= 11 is 6.36. The molecule has 1 aliphatic rings. The lowest BCUT2D eigenvalue weighted by molar-refractivity contribution is 0.679. The van der Waals surface area contributed by atoms with E-state index in [9.17, 15) is 0 Å². The molecule has 0 fully saturated rings. The van der Waals surface area contributed by atoms with Crippen LogP contribution in [-0.4, -0.2) is 5.38 Å². The lowest BCUT2D eigenvalue weighted by Crippen LogP contribution is -2.08. The molecule has 2 atom stereocenters. The first-order valence-corrected chi connectivity index (χ1v) is 5.67. The summed E-state index contributed by atoms with van der Waals surface area (Å²) in [7, 11) is 0. The summed E-state index contributed by atoms with van der Waals surface area (Å²) in [5, 5.41) is 0.250. The largest absolute Gasteiger partial charge is 0.122 e. The Balaban J connectivity index is 2.21. The van der Waals surface area contributed by atoms with Crippen molar-refractivity contribution in [2.24, 2.45) is 0 Å². The number of rotatable bonds is 3. The van der Waals surface area contributed by atoms with E-state index < -0.39 is 0 Å². The third-order valence-electron chi connectivity index (χ3n) is 2.79. The molecule has 1 aliphatic carbocycles. The number of benzene rings is 1. The lowest BCUT2D eigenvalue weighted by Gasteiger charge is -2.16. The van der Waals surface area contributed by atoms with Gasteiger partial charge in [0.05, 0.1) is 0 Å². The fourth-order valence-electron chi connectivity index (χ4n) is 2.05. The Morgan fingerprint density at radius 2 is 2.14 bits per heavy atom. The van der Waals surface area contributed by atoms with Gasteiger partial charge in [-0.3, -0.25) is 0 Å². The number of fused-ring (bicyclic) bond motifs is 1. The van der Waals surface area contributed by atoms with Crippen LogP contribution in [-0.2, 0) is 0 Å². The Hall–Kier alpha value is -0.750. The summed E-state index contributed by atoms with van der Waals surface area (Å²) in [6.07, 6.45) is 6.66. The zero-order chi connectivity index (χ0) is 9.97. The zero-order valence-electron chi connectivity index (χ0n) is 8.41.